The van der Waals surface area contributed by atoms with E-state index in [0.717, 1.165) is 17.8 Å². The molecule has 1 N–H and O–H groups in total. The highest BCUT2D eigenvalue weighted by molar-refractivity contribution is 6.09. The Hall–Kier alpha value is -2.35. The molecular weight excluding hydrogens is 318 g/mol. The summed E-state index contributed by atoms with van der Waals surface area (Å²) < 4.78 is 0. The van der Waals surface area contributed by atoms with E-state index in [1.165, 1.54) is 19.3 Å². The molecule has 0 aliphatic heterocycles. The molecule has 0 saturated heterocycles. The minimum Gasteiger partial charge on any atom is -0.385 e. The Balaban J connectivity index is 1.99. The van der Waals surface area contributed by atoms with Gasteiger partial charge in [0.25, 0.3) is 0 Å². The second-order valence-corrected chi connectivity index (χ2v) is 7.07. The minimum atomic E-state index is 0.0514. The molecule has 2 unspecified atom stereocenters. The Morgan fingerprint density at radius 1 is 0.962 bits per heavy atom. The second-order valence-electron chi connectivity index (χ2n) is 7.07. The maximum atomic E-state index is 12.5. The highest BCUT2D eigenvalue weighted by atomic mass is 16.1. The van der Waals surface area contributed by atoms with E-state index in [0.29, 0.717) is 23.0 Å². The Morgan fingerprint density at radius 2 is 1.54 bits per heavy atom. The normalized spacial score (nSPS) is 13.0. The predicted octanol–water partition coefficient (Wildman–Crippen LogP) is 5.94. The second kappa shape index (κ2) is 9.96. The summed E-state index contributed by atoms with van der Waals surface area (Å²) in [5, 5.41) is 3.50. The van der Waals surface area contributed by atoms with Gasteiger partial charge in [0.2, 0.25) is 0 Å². The van der Waals surface area contributed by atoms with Crippen LogP contribution in [0.25, 0.3) is 5.70 Å². The van der Waals surface area contributed by atoms with Crippen molar-refractivity contribution in [3.8, 4) is 0 Å². The molecule has 2 heteroatoms. The fraction of sp³-hybridized carbons (Fsp3) is 0.375. The Morgan fingerprint density at radius 3 is 2.12 bits per heavy atom. The topological polar surface area (TPSA) is 29.1 Å². The lowest BCUT2D eigenvalue weighted by Gasteiger charge is -2.24. The summed E-state index contributed by atoms with van der Waals surface area (Å²) in [7, 11) is 0. The fourth-order valence-electron chi connectivity index (χ4n) is 3.23. The number of nitrogens with one attached hydrogen (secondary N) is 1. The van der Waals surface area contributed by atoms with Gasteiger partial charge in [0.15, 0.2) is 5.78 Å². The molecular formula is C24H31NO. The Bertz CT molecular complexity index is 703. The molecule has 0 spiro atoms. The average molecular weight is 350 g/mol. The fourth-order valence-corrected chi connectivity index (χ4v) is 3.23. The van der Waals surface area contributed by atoms with Crippen molar-refractivity contribution in [2.24, 2.45) is 11.8 Å². The summed E-state index contributed by atoms with van der Waals surface area (Å²) >= 11 is 0. The summed E-state index contributed by atoms with van der Waals surface area (Å²) in [6.07, 6.45) is 3.65. The molecule has 0 aromatic heterocycles. The van der Waals surface area contributed by atoms with Gasteiger partial charge < -0.3 is 5.32 Å². The molecule has 0 saturated carbocycles. The molecule has 2 rings (SSSR count). The lowest BCUT2D eigenvalue weighted by Crippen LogP contribution is -2.25. The molecule has 0 amide bonds. The first-order chi connectivity index (χ1) is 12.6. The van der Waals surface area contributed by atoms with E-state index in [-0.39, 0.29) is 5.78 Å². The van der Waals surface area contributed by atoms with Crippen molar-refractivity contribution in [2.45, 2.75) is 40.0 Å². The van der Waals surface area contributed by atoms with Crippen molar-refractivity contribution in [3.05, 3.63) is 77.9 Å². The van der Waals surface area contributed by atoms with Crippen LogP contribution in [0.15, 0.2) is 61.2 Å². The van der Waals surface area contributed by atoms with Crippen LogP contribution >= 0.6 is 0 Å². The molecule has 0 aliphatic carbocycles. The first-order valence-electron chi connectivity index (χ1n) is 9.69. The molecule has 0 bridgehead atoms. The van der Waals surface area contributed by atoms with E-state index in [9.17, 15) is 4.79 Å². The van der Waals surface area contributed by atoms with Crippen LogP contribution in [0.5, 0.6) is 0 Å². The third kappa shape index (κ3) is 5.32. The molecule has 138 valence electrons. The maximum Gasteiger partial charge on any atom is 0.193 e. The monoisotopic (exact) mass is 349 g/mol. The molecule has 2 aromatic rings. The van der Waals surface area contributed by atoms with Gasteiger partial charge in [-0.05, 0) is 23.8 Å². The zero-order valence-electron chi connectivity index (χ0n) is 16.3. The van der Waals surface area contributed by atoms with Gasteiger partial charge in [0.05, 0.1) is 0 Å². The van der Waals surface area contributed by atoms with Crippen LogP contribution in [0.2, 0.25) is 0 Å². The van der Waals surface area contributed by atoms with Crippen LogP contribution in [0.4, 0.5) is 0 Å². The first kappa shape index (κ1) is 20.0. The van der Waals surface area contributed by atoms with Gasteiger partial charge in [-0.1, -0.05) is 94.8 Å². The van der Waals surface area contributed by atoms with Crippen molar-refractivity contribution in [1.29, 1.82) is 0 Å². The first-order valence-corrected chi connectivity index (χ1v) is 9.69. The highest BCUT2D eigenvalue weighted by Crippen LogP contribution is 2.21. The summed E-state index contributed by atoms with van der Waals surface area (Å²) in [4.78, 5) is 12.5. The van der Waals surface area contributed by atoms with Gasteiger partial charge >= 0.3 is 0 Å². The summed E-state index contributed by atoms with van der Waals surface area (Å²) in [6, 6.07) is 17.1. The van der Waals surface area contributed by atoms with E-state index < -0.39 is 0 Å². The SMILES string of the molecule is C=C(NCC(CCC)C(C)CC)c1ccc(C(=O)c2ccccc2)cc1. The Kier molecular flexibility index (Phi) is 7.65. The van der Waals surface area contributed by atoms with Crippen molar-refractivity contribution < 1.29 is 4.79 Å². The van der Waals surface area contributed by atoms with Crippen LogP contribution < -0.4 is 5.32 Å². The van der Waals surface area contributed by atoms with Crippen LogP contribution in [0.3, 0.4) is 0 Å². The highest BCUT2D eigenvalue weighted by Gasteiger charge is 2.15. The molecule has 0 aliphatic rings. The molecule has 0 fully saturated rings. The number of carbonyl (C=O) groups excluding carboxylic acids is 1. The summed E-state index contributed by atoms with van der Waals surface area (Å²) in [6.45, 7) is 12.0. The number of ketones is 1. The predicted molar refractivity (Wildman–Crippen MR) is 111 cm³/mol. The number of carbonyl (C=O) groups is 1. The van der Waals surface area contributed by atoms with Gasteiger partial charge in [-0.15, -0.1) is 0 Å². The standard InChI is InChI=1S/C24H31NO/c1-5-10-23(18(3)6-2)17-25-19(4)20-13-15-22(16-14-20)24(26)21-11-8-7-9-12-21/h7-9,11-16,18,23,25H,4-6,10,17H2,1-3H3. The van der Waals surface area contributed by atoms with Gasteiger partial charge in [-0.3, -0.25) is 4.79 Å². The minimum absolute atomic E-state index is 0.0514. The zero-order chi connectivity index (χ0) is 18.9. The maximum absolute atomic E-state index is 12.5. The lowest BCUT2D eigenvalue weighted by atomic mass is 9.88. The summed E-state index contributed by atoms with van der Waals surface area (Å²) in [5.41, 5.74) is 3.38. The van der Waals surface area contributed by atoms with E-state index in [1.807, 2.05) is 54.6 Å². The zero-order valence-corrected chi connectivity index (χ0v) is 16.3. The van der Waals surface area contributed by atoms with Crippen molar-refractivity contribution in [1.82, 2.24) is 5.32 Å². The van der Waals surface area contributed by atoms with Crippen molar-refractivity contribution >= 4 is 11.5 Å². The molecule has 2 nitrogen and oxygen atoms in total. The van der Waals surface area contributed by atoms with Crippen LogP contribution in [-0.4, -0.2) is 12.3 Å². The van der Waals surface area contributed by atoms with Crippen molar-refractivity contribution in [3.63, 3.8) is 0 Å². The Labute approximate surface area is 158 Å². The number of hydrogen-bond acceptors (Lipinski definition) is 2. The van der Waals surface area contributed by atoms with E-state index in [1.54, 1.807) is 0 Å². The smallest absolute Gasteiger partial charge is 0.193 e. The van der Waals surface area contributed by atoms with E-state index in [2.05, 4.69) is 32.7 Å². The van der Waals surface area contributed by atoms with Gasteiger partial charge in [0, 0.05) is 23.4 Å². The van der Waals surface area contributed by atoms with E-state index in [4.69, 9.17) is 0 Å². The van der Waals surface area contributed by atoms with Gasteiger partial charge in [0.1, 0.15) is 0 Å². The molecule has 0 radical (unpaired) electrons. The van der Waals surface area contributed by atoms with Crippen LogP contribution in [0.1, 0.15) is 61.5 Å². The largest absolute Gasteiger partial charge is 0.385 e. The number of benzene rings is 2. The summed E-state index contributed by atoms with van der Waals surface area (Å²) in [5.74, 6) is 1.43. The molecule has 0 heterocycles. The van der Waals surface area contributed by atoms with Gasteiger partial charge in [-0.25, -0.2) is 0 Å². The lowest BCUT2D eigenvalue weighted by molar-refractivity contribution is 0.103. The van der Waals surface area contributed by atoms with Gasteiger partial charge in [-0.2, -0.15) is 0 Å². The molecule has 2 aromatic carbocycles. The number of rotatable bonds is 10. The third-order valence-corrected chi connectivity index (χ3v) is 5.22. The quantitative estimate of drug-likeness (QED) is 0.538. The average Bonchev–Trinajstić information content (AvgIpc) is 2.70. The van der Waals surface area contributed by atoms with Crippen LogP contribution in [-0.2, 0) is 0 Å². The number of hydrogen-bond donors (Lipinski definition) is 1. The molecule has 26 heavy (non-hydrogen) atoms. The van der Waals surface area contributed by atoms with Crippen LogP contribution in [0, 0.1) is 11.8 Å². The van der Waals surface area contributed by atoms with Crippen molar-refractivity contribution in [2.75, 3.05) is 6.54 Å². The van der Waals surface area contributed by atoms with E-state index >= 15 is 0 Å². The molecule has 2 atom stereocenters. The third-order valence-electron chi connectivity index (χ3n) is 5.22.